The number of benzene rings is 2. The summed E-state index contributed by atoms with van der Waals surface area (Å²) in [6.45, 7) is 2.13. The maximum atomic E-state index is 12.5. The summed E-state index contributed by atoms with van der Waals surface area (Å²) in [5, 5.41) is 10.8. The van der Waals surface area contributed by atoms with E-state index < -0.39 is 14.9 Å². The van der Waals surface area contributed by atoms with E-state index in [0.717, 1.165) is 6.07 Å². The average molecular weight is 377 g/mol. The summed E-state index contributed by atoms with van der Waals surface area (Å²) in [4.78, 5) is 23.2. The van der Waals surface area contributed by atoms with Gasteiger partial charge in [-0.1, -0.05) is 6.07 Å². The highest BCUT2D eigenvalue weighted by atomic mass is 32.2. The van der Waals surface area contributed by atoms with Crippen LogP contribution in [-0.4, -0.2) is 32.4 Å². The molecule has 0 atom stereocenters. The molecule has 1 heterocycles. The number of non-ortho nitro benzene ring substituents is 1. The molecule has 9 nitrogen and oxygen atoms in total. The molecule has 0 aromatic heterocycles. The normalized spacial score (nSPS) is 13.5. The first-order chi connectivity index (χ1) is 12.3. The van der Waals surface area contributed by atoms with Gasteiger partial charge < -0.3 is 9.64 Å². The van der Waals surface area contributed by atoms with Gasteiger partial charge in [-0.3, -0.25) is 19.6 Å². The van der Waals surface area contributed by atoms with Crippen molar-refractivity contribution in [1.29, 1.82) is 0 Å². The number of amides is 1. The number of hydrogen-bond donors (Lipinski definition) is 1. The minimum atomic E-state index is -4.03. The zero-order valence-electron chi connectivity index (χ0n) is 13.7. The number of nitro groups is 1. The molecular formula is C16H15N3O6S. The average Bonchev–Trinajstić information content (AvgIpc) is 2.60. The largest absolute Gasteiger partial charge is 0.490 e. The van der Waals surface area contributed by atoms with Crippen molar-refractivity contribution in [3.05, 3.63) is 52.6 Å². The SMILES string of the molecule is CC(=O)N1CCOc2ccc(NS(=O)(=O)c3cccc([N+](=O)[O-])c3)cc21. The molecule has 0 unspecified atom stereocenters. The summed E-state index contributed by atoms with van der Waals surface area (Å²) < 4.78 is 32.9. The molecule has 26 heavy (non-hydrogen) atoms. The summed E-state index contributed by atoms with van der Waals surface area (Å²) in [6, 6.07) is 9.30. The number of carbonyl (C=O) groups excluding carboxylic acids is 1. The number of rotatable bonds is 4. The second kappa shape index (κ2) is 6.64. The molecule has 0 spiro atoms. The van der Waals surface area contributed by atoms with E-state index in [4.69, 9.17) is 4.74 Å². The minimum absolute atomic E-state index is 0.187. The van der Waals surface area contributed by atoms with Crippen molar-refractivity contribution < 1.29 is 22.9 Å². The van der Waals surface area contributed by atoms with Crippen LogP contribution in [0, 0.1) is 10.1 Å². The Morgan fingerprint density at radius 2 is 2.04 bits per heavy atom. The first kappa shape index (κ1) is 17.7. The van der Waals surface area contributed by atoms with E-state index >= 15 is 0 Å². The predicted molar refractivity (Wildman–Crippen MR) is 93.9 cm³/mol. The number of fused-ring (bicyclic) bond motifs is 1. The van der Waals surface area contributed by atoms with E-state index in [-0.39, 0.29) is 22.2 Å². The van der Waals surface area contributed by atoms with Crippen LogP contribution in [0.2, 0.25) is 0 Å². The highest BCUT2D eigenvalue weighted by Gasteiger charge is 2.23. The van der Waals surface area contributed by atoms with Crippen LogP contribution in [0.1, 0.15) is 6.92 Å². The van der Waals surface area contributed by atoms with Crippen molar-refractivity contribution >= 4 is 33.0 Å². The Kier molecular flexibility index (Phi) is 4.51. The number of carbonyl (C=O) groups is 1. The molecule has 0 fully saturated rings. The quantitative estimate of drug-likeness (QED) is 0.644. The number of nitrogens with one attached hydrogen (secondary N) is 1. The number of ether oxygens (including phenoxy) is 1. The van der Waals surface area contributed by atoms with Crippen LogP contribution < -0.4 is 14.4 Å². The molecule has 1 amide bonds. The highest BCUT2D eigenvalue weighted by Crippen LogP contribution is 2.35. The lowest BCUT2D eigenvalue weighted by atomic mass is 10.2. The van der Waals surface area contributed by atoms with E-state index in [1.54, 1.807) is 6.07 Å². The Morgan fingerprint density at radius 3 is 2.73 bits per heavy atom. The van der Waals surface area contributed by atoms with Gasteiger partial charge >= 0.3 is 0 Å². The first-order valence-electron chi connectivity index (χ1n) is 7.60. The molecule has 0 aliphatic carbocycles. The Hall–Kier alpha value is -3.14. The number of hydrogen-bond acceptors (Lipinski definition) is 6. The molecule has 0 saturated heterocycles. The van der Waals surface area contributed by atoms with Crippen LogP contribution in [0.4, 0.5) is 17.1 Å². The Bertz CT molecular complexity index is 989. The van der Waals surface area contributed by atoms with E-state index in [1.807, 2.05) is 0 Å². The highest BCUT2D eigenvalue weighted by molar-refractivity contribution is 7.92. The fourth-order valence-corrected chi connectivity index (χ4v) is 3.68. The van der Waals surface area contributed by atoms with Gasteiger partial charge in [-0.25, -0.2) is 8.42 Å². The van der Waals surface area contributed by atoms with Gasteiger partial charge in [0.05, 0.1) is 27.7 Å². The molecule has 2 aromatic carbocycles. The molecule has 0 saturated carbocycles. The third-order valence-corrected chi connectivity index (χ3v) is 5.17. The zero-order valence-corrected chi connectivity index (χ0v) is 14.5. The van der Waals surface area contributed by atoms with Crippen LogP contribution in [0.5, 0.6) is 5.75 Å². The second-order valence-electron chi connectivity index (χ2n) is 5.56. The lowest BCUT2D eigenvalue weighted by Crippen LogP contribution is -2.36. The second-order valence-corrected chi connectivity index (χ2v) is 7.24. The van der Waals surface area contributed by atoms with Crippen LogP contribution in [0.15, 0.2) is 47.4 Å². The topological polar surface area (TPSA) is 119 Å². The number of anilines is 2. The zero-order chi connectivity index (χ0) is 18.9. The number of nitrogens with zero attached hydrogens (tertiary/aromatic N) is 2. The molecule has 136 valence electrons. The summed E-state index contributed by atoms with van der Waals surface area (Å²) in [6.07, 6.45) is 0. The van der Waals surface area contributed by atoms with Crippen LogP contribution in [0.3, 0.4) is 0 Å². The van der Waals surface area contributed by atoms with Crippen molar-refractivity contribution in [2.24, 2.45) is 0 Å². The summed E-state index contributed by atoms with van der Waals surface area (Å²) in [5.41, 5.74) is 0.351. The summed E-state index contributed by atoms with van der Waals surface area (Å²) in [7, 11) is -4.03. The third-order valence-electron chi connectivity index (χ3n) is 3.79. The standard InChI is InChI=1S/C16H15N3O6S/c1-11(20)18-7-8-25-16-6-5-12(9-15(16)18)17-26(23,24)14-4-2-3-13(10-14)19(21)22/h2-6,9-10,17H,7-8H2,1H3. The third kappa shape index (κ3) is 3.45. The van der Waals surface area contributed by atoms with Crippen molar-refractivity contribution in [2.45, 2.75) is 11.8 Å². The van der Waals surface area contributed by atoms with Gasteiger partial charge in [0, 0.05) is 19.1 Å². The van der Waals surface area contributed by atoms with Gasteiger partial charge in [-0.15, -0.1) is 0 Å². The van der Waals surface area contributed by atoms with Crippen molar-refractivity contribution in [3.63, 3.8) is 0 Å². The summed E-state index contributed by atoms with van der Waals surface area (Å²) >= 11 is 0. The fraction of sp³-hybridized carbons (Fsp3) is 0.188. The van der Waals surface area contributed by atoms with E-state index in [9.17, 15) is 23.3 Å². The maximum absolute atomic E-state index is 12.5. The predicted octanol–water partition coefficient (Wildman–Crippen LogP) is 2.14. The maximum Gasteiger partial charge on any atom is 0.270 e. The molecule has 2 aromatic rings. The summed E-state index contributed by atoms with van der Waals surface area (Å²) in [5.74, 6) is 0.290. The van der Waals surface area contributed by atoms with E-state index in [1.165, 1.54) is 42.2 Å². The van der Waals surface area contributed by atoms with Crippen LogP contribution in [-0.2, 0) is 14.8 Å². The molecule has 1 aliphatic heterocycles. The number of nitro benzene ring substituents is 1. The van der Waals surface area contributed by atoms with E-state index in [2.05, 4.69) is 4.72 Å². The Balaban J connectivity index is 1.93. The van der Waals surface area contributed by atoms with Gasteiger partial charge in [-0.2, -0.15) is 0 Å². The molecule has 0 radical (unpaired) electrons. The molecule has 1 N–H and O–H groups in total. The van der Waals surface area contributed by atoms with Gasteiger partial charge in [0.2, 0.25) is 5.91 Å². The molecule has 1 aliphatic rings. The Labute approximate surface area is 149 Å². The lowest BCUT2D eigenvalue weighted by Gasteiger charge is -2.29. The van der Waals surface area contributed by atoms with Crippen LogP contribution >= 0.6 is 0 Å². The Morgan fingerprint density at radius 1 is 1.27 bits per heavy atom. The molecule has 10 heteroatoms. The monoisotopic (exact) mass is 377 g/mol. The van der Waals surface area contributed by atoms with Crippen molar-refractivity contribution in [2.75, 3.05) is 22.8 Å². The van der Waals surface area contributed by atoms with Crippen molar-refractivity contribution in [3.8, 4) is 5.75 Å². The lowest BCUT2D eigenvalue weighted by molar-refractivity contribution is -0.385. The van der Waals surface area contributed by atoms with Crippen molar-refractivity contribution in [1.82, 2.24) is 0 Å². The van der Waals surface area contributed by atoms with Gasteiger partial charge in [0.25, 0.3) is 15.7 Å². The van der Waals surface area contributed by atoms with Gasteiger partial charge in [0.1, 0.15) is 12.4 Å². The minimum Gasteiger partial charge on any atom is -0.490 e. The molecule has 0 bridgehead atoms. The van der Waals surface area contributed by atoms with Gasteiger partial charge in [-0.05, 0) is 24.3 Å². The fourth-order valence-electron chi connectivity index (χ4n) is 2.59. The van der Waals surface area contributed by atoms with Gasteiger partial charge in [0.15, 0.2) is 0 Å². The first-order valence-corrected chi connectivity index (χ1v) is 9.08. The smallest absolute Gasteiger partial charge is 0.270 e. The van der Waals surface area contributed by atoms with E-state index in [0.29, 0.717) is 24.6 Å². The van der Waals surface area contributed by atoms with Crippen LogP contribution in [0.25, 0.3) is 0 Å². The number of sulfonamides is 1. The molecular weight excluding hydrogens is 362 g/mol. The molecule has 3 rings (SSSR count).